The molecule has 1 rings (SSSR count). The fraction of sp³-hybridized carbons (Fsp3) is 1.00. The molecule has 4 nitrogen and oxygen atoms in total. The Balaban J connectivity index is 2.55. The second-order valence-corrected chi connectivity index (χ2v) is 5.99. The van der Waals surface area contributed by atoms with Crippen LogP contribution in [0.3, 0.4) is 0 Å². The molecule has 1 fully saturated rings. The molecular formula is C9H18ClNO3S. The minimum atomic E-state index is -3.19. The highest BCUT2D eigenvalue weighted by Crippen LogP contribution is 2.15. The second kappa shape index (κ2) is 6.03. The average Bonchev–Trinajstić information content (AvgIpc) is 2.65. The van der Waals surface area contributed by atoms with Gasteiger partial charge in [-0.05, 0) is 12.8 Å². The van der Waals surface area contributed by atoms with Gasteiger partial charge in [-0.1, -0.05) is 6.92 Å². The molecule has 0 amide bonds. The van der Waals surface area contributed by atoms with Crippen LogP contribution in [-0.4, -0.2) is 50.2 Å². The van der Waals surface area contributed by atoms with Crippen molar-refractivity contribution in [2.45, 2.75) is 25.9 Å². The van der Waals surface area contributed by atoms with Crippen LogP contribution in [0, 0.1) is 0 Å². The molecule has 1 atom stereocenters. The molecule has 0 N–H and O–H groups in total. The van der Waals surface area contributed by atoms with Gasteiger partial charge < -0.3 is 4.74 Å². The summed E-state index contributed by atoms with van der Waals surface area (Å²) in [6.07, 6.45) is 1.68. The smallest absolute Gasteiger partial charge is 0.216 e. The van der Waals surface area contributed by atoms with Gasteiger partial charge in [0.1, 0.15) is 0 Å². The Morgan fingerprint density at radius 1 is 1.53 bits per heavy atom. The van der Waals surface area contributed by atoms with Gasteiger partial charge in [-0.3, -0.25) is 0 Å². The number of hydrogen-bond acceptors (Lipinski definition) is 3. The van der Waals surface area contributed by atoms with E-state index in [1.165, 1.54) is 4.31 Å². The van der Waals surface area contributed by atoms with Crippen molar-refractivity contribution in [1.29, 1.82) is 0 Å². The summed E-state index contributed by atoms with van der Waals surface area (Å²) in [4.78, 5) is 0. The zero-order valence-corrected chi connectivity index (χ0v) is 10.6. The lowest BCUT2D eigenvalue weighted by Gasteiger charge is -2.21. The van der Waals surface area contributed by atoms with Gasteiger partial charge in [0, 0.05) is 25.6 Å². The summed E-state index contributed by atoms with van der Waals surface area (Å²) in [6, 6.07) is 0. The Morgan fingerprint density at radius 2 is 2.27 bits per heavy atom. The van der Waals surface area contributed by atoms with Crippen molar-refractivity contribution in [1.82, 2.24) is 4.31 Å². The van der Waals surface area contributed by atoms with E-state index in [9.17, 15) is 8.42 Å². The van der Waals surface area contributed by atoms with Gasteiger partial charge in [-0.2, -0.15) is 0 Å². The zero-order chi connectivity index (χ0) is 11.3. The Hall–Kier alpha value is 0.160. The summed E-state index contributed by atoms with van der Waals surface area (Å²) in [6.45, 7) is 3.36. The summed E-state index contributed by atoms with van der Waals surface area (Å²) in [5.74, 6) is 0.427. The van der Waals surface area contributed by atoms with E-state index >= 15 is 0 Å². The summed E-state index contributed by atoms with van der Waals surface area (Å²) in [7, 11) is -3.19. The van der Waals surface area contributed by atoms with Crippen LogP contribution in [-0.2, 0) is 14.8 Å². The maximum atomic E-state index is 11.9. The molecule has 0 radical (unpaired) electrons. The lowest BCUT2D eigenvalue weighted by Crippen LogP contribution is -2.37. The third kappa shape index (κ3) is 3.90. The van der Waals surface area contributed by atoms with Crippen molar-refractivity contribution >= 4 is 21.6 Å². The van der Waals surface area contributed by atoms with E-state index in [1.54, 1.807) is 0 Å². The van der Waals surface area contributed by atoms with Crippen LogP contribution in [0.4, 0.5) is 0 Å². The largest absolute Gasteiger partial charge is 0.377 e. The number of alkyl halides is 1. The number of nitrogens with zero attached hydrogens (tertiary/aromatic N) is 1. The molecule has 0 aromatic carbocycles. The molecule has 0 aromatic heterocycles. The summed E-state index contributed by atoms with van der Waals surface area (Å²) >= 11 is 5.56. The molecule has 0 spiro atoms. The van der Waals surface area contributed by atoms with Crippen LogP contribution in [0.15, 0.2) is 0 Å². The van der Waals surface area contributed by atoms with Crippen molar-refractivity contribution in [2.75, 3.05) is 31.3 Å². The molecule has 1 aliphatic rings. The van der Waals surface area contributed by atoms with E-state index in [0.29, 0.717) is 25.6 Å². The van der Waals surface area contributed by atoms with Gasteiger partial charge in [0.05, 0.1) is 11.9 Å². The van der Waals surface area contributed by atoms with Gasteiger partial charge in [0.2, 0.25) is 10.0 Å². The first-order chi connectivity index (χ1) is 7.10. The van der Waals surface area contributed by atoms with Gasteiger partial charge in [-0.15, -0.1) is 11.6 Å². The zero-order valence-electron chi connectivity index (χ0n) is 8.99. The van der Waals surface area contributed by atoms with Crippen LogP contribution in [0.25, 0.3) is 0 Å². The number of sulfonamides is 1. The molecule has 0 aliphatic carbocycles. The van der Waals surface area contributed by atoms with Gasteiger partial charge in [0.15, 0.2) is 0 Å². The average molecular weight is 256 g/mol. The first kappa shape index (κ1) is 13.2. The van der Waals surface area contributed by atoms with Crippen LogP contribution in [0.2, 0.25) is 0 Å². The Labute approximate surface area is 96.6 Å². The van der Waals surface area contributed by atoms with E-state index < -0.39 is 10.0 Å². The van der Waals surface area contributed by atoms with Crippen molar-refractivity contribution in [3.05, 3.63) is 0 Å². The van der Waals surface area contributed by atoms with Crippen LogP contribution < -0.4 is 0 Å². The van der Waals surface area contributed by atoms with Gasteiger partial charge >= 0.3 is 0 Å². The third-order valence-corrected chi connectivity index (χ3v) is 4.69. The molecule has 90 valence electrons. The number of rotatable bonds is 6. The first-order valence-corrected chi connectivity index (χ1v) is 7.40. The van der Waals surface area contributed by atoms with E-state index in [4.69, 9.17) is 16.3 Å². The third-order valence-electron chi connectivity index (χ3n) is 2.50. The molecule has 0 bridgehead atoms. The molecule has 1 saturated heterocycles. The molecule has 0 saturated carbocycles. The summed E-state index contributed by atoms with van der Waals surface area (Å²) in [5.41, 5.74) is 0. The Bertz CT molecular complexity index is 275. The minimum absolute atomic E-state index is 0.0950. The van der Waals surface area contributed by atoms with E-state index in [2.05, 4.69) is 0 Å². The fourth-order valence-electron chi connectivity index (χ4n) is 1.70. The first-order valence-electron chi connectivity index (χ1n) is 5.25. The number of halogens is 1. The Kier molecular flexibility index (Phi) is 5.32. The van der Waals surface area contributed by atoms with E-state index in [0.717, 1.165) is 12.8 Å². The molecule has 15 heavy (non-hydrogen) atoms. The maximum absolute atomic E-state index is 11.9. The maximum Gasteiger partial charge on any atom is 0.216 e. The Morgan fingerprint density at radius 3 is 2.73 bits per heavy atom. The van der Waals surface area contributed by atoms with Gasteiger partial charge in [0.25, 0.3) is 0 Å². The second-order valence-electron chi connectivity index (χ2n) is 3.59. The highest BCUT2D eigenvalue weighted by molar-refractivity contribution is 7.89. The van der Waals surface area contributed by atoms with Crippen molar-refractivity contribution in [3.8, 4) is 0 Å². The lowest BCUT2D eigenvalue weighted by atomic mass is 10.3. The van der Waals surface area contributed by atoms with E-state index in [-0.39, 0.29) is 11.9 Å². The standard InChI is InChI=1S/C9H18ClNO3S/c1-2-11(6-5-10)15(12,13)8-9-4-3-7-14-9/h9H,2-8H2,1H3. The summed E-state index contributed by atoms with van der Waals surface area (Å²) in [5, 5.41) is 0. The molecule has 1 unspecified atom stereocenters. The molecule has 0 aromatic rings. The SMILES string of the molecule is CCN(CCCl)S(=O)(=O)CC1CCCO1. The lowest BCUT2D eigenvalue weighted by molar-refractivity contribution is 0.126. The van der Waals surface area contributed by atoms with E-state index in [1.807, 2.05) is 6.92 Å². The predicted molar refractivity (Wildman–Crippen MR) is 60.7 cm³/mol. The summed E-state index contributed by atoms with van der Waals surface area (Å²) < 4.78 is 30.5. The normalized spacial score (nSPS) is 22.5. The van der Waals surface area contributed by atoms with Crippen molar-refractivity contribution < 1.29 is 13.2 Å². The van der Waals surface area contributed by atoms with Gasteiger partial charge in [-0.25, -0.2) is 12.7 Å². The predicted octanol–water partition coefficient (Wildman–Crippen LogP) is 1.06. The highest BCUT2D eigenvalue weighted by atomic mass is 35.5. The number of hydrogen-bond donors (Lipinski definition) is 0. The molecular weight excluding hydrogens is 238 g/mol. The molecule has 6 heteroatoms. The quantitative estimate of drug-likeness (QED) is 0.667. The van der Waals surface area contributed by atoms with Crippen LogP contribution >= 0.6 is 11.6 Å². The van der Waals surface area contributed by atoms with Crippen LogP contribution in [0.1, 0.15) is 19.8 Å². The van der Waals surface area contributed by atoms with Crippen LogP contribution in [0.5, 0.6) is 0 Å². The molecule has 1 aliphatic heterocycles. The van der Waals surface area contributed by atoms with Crippen molar-refractivity contribution in [3.63, 3.8) is 0 Å². The molecule has 1 heterocycles. The minimum Gasteiger partial charge on any atom is -0.377 e. The topological polar surface area (TPSA) is 46.6 Å². The monoisotopic (exact) mass is 255 g/mol. The fourth-order valence-corrected chi connectivity index (χ4v) is 3.71. The van der Waals surface area contributed by atoms with Crippen molar-refractivity contribution in [2.24, 2.45) is 0 Å². The number of ether oxygens (including phenoxy) is 1. The highest BCUT2D eigenvalue weighted by Gasteiger charge is 2.27.